The molecule has 6 heteroatoms. The number of rotatable bonds is 2. The Morgan fingerprint density at radius 3 is 3.00 bits per heavy atom. The molecule has 0 fully saturated rings. The van der Waals surface area contributed by atoms with Crippen LogP contribution in [0.4, 0.5) is 4.39 Å². The topological polar surface area (TPSA) is 53.9 Å². The lowest BCUT2D eigenvalue weighted by molar-refractivity contribution is -0.131. The lowest BCUT2D eigenvalue weighted by Gasteiger charge is -2.20. The fraction of sp³-hybridized carbons (Fsp3) is 0.368. The fourth-order valence-corrected chi connectivity index (χ4v) is 3.74. The van der Waals surface area contributed by atoms with Crippen LogP contribution in [-0.4, -0.2) is 32.1 Å². The predicted molar refractivity (Wildman–Crippen MR) is 93.6 cm³/mol. The van der Waals surface area contributed by atoms with Gasteiger partial charge in [-0.25, -0.2) is 4.39 Å². The molecular formula is C19H21FN4O. The summed E-state index contributed by atoms with van der Waals surface area (Å²) in [6.45, 7) is 3.14. The zero-order chi connectivity index (χ0) is 17.6. The van der Waals surface area contributed by atoms with Gasteiger partial charge in [-0.2, -0.15) is 5.10 Å². The second-order valence-electron chi connectivity index (χ2n) is 6.75. The molecule has 1 aromatic carbocycles. The van der Waals surface area contributed by atoms with Gasteiger partial charge in [-0.3, -0.25) is 9.48 Å². The Balaban J connectivity index is 1.61. The van der Waals surface area contributed by atoms with Crippen molar-refractivity contribution in [3.63, 3.8) is 0 Å². The van der Waals surface area contributed by atoms with Gasteiger partial charge in [-0.15, -0.1) is 0 Å². The molecule has 0 saturated heterocycles. The van der Waals surface area contributed by atoms with Crippen molar-refractivity contribution in [3.05, 3.63) is 52.7 Å². The third-order valence-electron chi connectivity index (χ3n) is 4.99. The van der Waals surface area contributed by atoms with E-state index in [1.54, 1.807) is 10.7 Å². The lowest BCUT2D eigenvalue weighted by Crippen LogP contribution is -2.32. The molecule has 1 amide bonds. The van der Waals surface area contributed by atoms with Crippen LogP contribution in [0.5, 0.6) is 0 Å². The Bertz CT molecular complexity index is 956. The SMILES string of the molecule is Cc1nn(C)cc1CC(=O)N1CCCc2c([nH]c3c(F)cccc23)C1. The van der Waals surface area contributed by atoms with Gasteiger partial charge in [0.2, 0.25) is 5.91 Å². The van der Waals surface area contributed by atoms with E-state index in [1.165, 1.54) is 6.07 Å². The average molecular weight is 340 g/mol. The van der Waals surface area contributed by atoms with E-state index in [2.05, 4.69) is 10.1 Å². The largest absolute Gasteiger partial charge is 0.354 e. The first-order chi connectivity index (χ1) is 12.0. The zero-order valence-electron chi connectivity index (χ0n) is 14.5. The Hall–Kier alpha value is -2.63. The quantitative estimate of drug-likeness (QED) is 0.780. The van der Waals surface area contributed by atoms with Gasteiger partial charge in [-0.05, 0) is 31.4 Å². The molecule has 130 valence electrons. The number of aromatic nitrogens is 3. The summed E-state index contributed by atoms with van der Waals surface area (Å²) in [6.07, 6.45) is 3.99. The highest BCUT2D eigenvalue weighted by Crippen LogP contribution is 2.29. The highest BCUT2D eigenvalue weighted by atomic mass is 19.1. The molecule has 0 saturated carbocycles. The van der Waals surface area contributed by atoms with Gasteiger partial charge < -0.3 is 9.88 Å². The summed E-state index contributed by atoms with van der Waals surface area (Å²) in [5.74, 6) is -0.155. The molecule has 2 aromatic heterocycles. The minimum absolute atomic E-state index is 0.0862. The number of nitrogens with one attached hydrogen (secondary N) is 1. The predicted octanol–water partition coefficient (Wildman–Crippen LogP) is 2.87. The molecule has 0 atom stereocenters. The molecular weight excluding hydrogens is 319 g/mol. The summed E-state index contributed by atoms with van der Waals surface area (Å²) in [6, 6.07) is 5.15. The van der Waals surface area contributed by atoms with Crippen LogP contribution in [0.1, 0.15) is 28.9 Å². The normalized spacial score (nSPS) is 14.6. The van der Waals surface area contributed by atoms with Gasteiger partial charge >= 0.3 is 0 Å². The number of carbonyl (C=O) groups is 1. The molecule has 0 aliphatic carbocycles. The molecule has 4 rings (SSSR count). The molecule has 3 aromatic rings. The number of benzene rings is 1. The molecule has 0 unspecified atom stereocenters. The summed E-state index contributed by atoms with van der Waals surface area (Å²) in [7, 11) is 1.86. The molecule has 1 N–H and O–H groups in total. The molecule has 0 spiro atoms. The van der Waals surface area contributed by atoms with Crippen molar-refractivity contribution in [1.29, 1.82) is 0 Å². The number of para-hydroxylation sites is 1. The monoisotopic (exact) mass is 340 g/mol. The van der Waals surface area contributed by atoms with Crippen LogP contribution in [0.25, 0.3) is 10.9 Å². The molecule has 3 heterocycles. The minimum atomic E-state index is -0.241. The van der Waals surface area contributed by atoms with Crippen molar-refractivity contribution < 1.29 is 9.18 Å². The number of hydrogen-bond donors (Lipinski definition) is 1. The van der Waals surface area contributed by atoms with Crippen LogP contribution in [0.3, 0.4) is 0 Å². The van der Waals surface area contributed by atoms with Crippen LogP contribution in [-0.2, 0) is 31.2 Å². The second-order valence-corrected chi connectivity index (χ2v) is 6.75. The van der Waals surface area contributed by atoms with E-state index >= 15 is 0 Å². The summed E-state index contributed by atoms with van der Waals surface area (Å²) >= 11 is 0. The van der Waals surface area contributed by atoms with Crippen LogP contribution < -0.4 is 0 Å². The van der Waals surface area contributed by atoms with Crippen LogP contribution in [0.2, 0.25) is 0 Å². The number of amides is 1. The molecule has 1 aliphatic rings. The van der Waals surface area contributed by atoms with Gasteiger partial charge in [0.15, 0.2) is 0 Å². The van der Waals surface area contributed by atoms with Crippen molar-refractivity contribution in [2.75, 3.05) is 6.54 Å². The molecule has 0 radical (unpaired) electrons. The minimum Gasteiger partial charge on any atom is -0.354 e. The van der Waals surface area contributed by atoms with E-state index in [1.807, 2.05) is 31.1 Å². The van der Waals surface area contributed by atoms with E-state index in [4.69, 9.17) is 0 Å². The summed E-state index contributed by atoms with van der Waals surface area (Å²) in [4.78, 5) is 17.8. The first-order valence-electron chi connectivity index (χ1n) is 8.58. The highest BCUT2D eigenvalue weighted by molar-refractivity contribution is 5.86. The zero-order valence-corrected chi connectivity index (χ0v) is 14.5. The lowest BCUT2D eigenvalue weighted by atomic mass is 10.1. The van der Waals surface area contributed by atoms with Gasteiger partial charge in [0.1, 0.15) is 5.82 Å². The van der Waals surface area contributed by atoms with E-state index in [0.29, 0.717) is 18.5 Å². The summed E-state index contributed by atoms with van der Waals surface area (Å²) < 4.78 is 15.8. The van der Waals surface area contributed by atoms with Gasteiger partial charge in [0.05, 0.1) is 24.2 Å². The average Bonchev–Trinajstić information content (AvgIpc) is 2.98. The molecule has 1 aliphatic heterocycles. The van der Waals surface area contributed by atoms with Gasteiger partial charge in [0.25, 0.3) is 0 Å². The Morgan fingerprint density at radius 1 is 1.40 bits per heavy atom. The smallest absolute Gasteiger partial charge is 0.227 e. The number of nitrogens with zero attached hydrogens (tertiary/aromatic N) is 3. The van der Waals surface area contributed by atoms with Gasteiger partial charge in [0, 0.05) is 36.4 Å². The van der Waals surface area contributed by atoms with Crippen molar-refractivity contribution >= 4 is 16.8 Å². The van der Waals surface area contributed by atoms with Gasteiger partial charge in [-0.1, -0.05) is 12.1 Å². The van der Waals surface area contributed by atoms with E-state index < -0.39 is 0 Å². The first-order valence-corrected chi connectivity index (χ1v) is 8.58. The Labute approximate surface area is 145 Å². The van der Waals surface area contributed by atoms with E-state index in [9.17, 15) is 9.18 Å². The maximum absolute atomic E-state index is 14.0. The number of H-pyrrole nitrogens is 1. The second kappa shape index (κ2) is 6.02. The van der Waals surface area contributed by atoms with Crippen LogP contribution in [0.15, 0.2) is 24.4 Å². The Kier molecular flexibility index (Phi) is 3.82. The summed E-state index contributed by atoms with van der Waals surface area (Å²) in [5.41, 5.74) is 4.49. The van der Waals surface area contributed by atoms with Crippen LogP contribution >= 0.6 is 0 Å². The standard InChI is InChI=1S/C19H21FN4O/c1-12-13(10-23(2)22-12)9-18(25)24-8-4-6-14-15-5-3-7-16(20)19(15)21-17(14)11-24/h3,5,7,10,21H,4,6,8-9,11H2,1-2H3. The van der Waals surface area contributed by atoms with E-state index in [-0.39, 0.29) is 11.7 Å². The van der Waals surface area contributed by atoms with Crippen LogP contribution in [0, 0.1) is 12.7 Å². The number of carbonyl (C=O) groups excluding carboxylic acids is 1. The third-order valence-corrected chi connectivity index (χ3v) is 4.99. The number of aromatic amines is 1. The third kappa shape index (κ3) is 2.81. The maximum Gasteiger partial charge on any atom is 0.227 e. The fourth-order valence-electron chi connectivity index (χ4n) is 3.74. The summed E-state index contributed by atoms with van der Waals surface area (Å²) in [5, 5.41) is 5.24. The maximum atomic E-state index is 14.0. The van der Waals surface area contributed by atoms with Crippen molar-refractivity contribution in [1.82, 2.24) is 19.7 Å². The van der Waals surface area contributed by atoms with Crippen molar-refractivity contribution in [2.24, 2.45) is 7.05 Å². The molecule has 25 heavy (non-hydrogen) atoms. The number of hydrogen-bond acceptors (Lipinski definition) is 2. The first kappa shape index (κ1) is 15.9. The molecule has 0 bridgehead atoms. The highest BCUT2D eigenvalue weighted by Gasteiger charge is 2.23. The Morgan fingerprint density at radius 2 is 2.24 bits per heavy atom. The number of halogens is 1. The number of fused-ring (bicyclic) bond motifs is 3. The van der Waals surface area contributed by atoms with Crippen molar-refractivity contribution in [2.45, 2.75) is 32.7 Å². The van der Waals surface area contributed by atoms with Crippen molar-refractivity contribution in [3.8, 4) is 0 Å². The number of aryl methyl sites for hydroxylation is 3. The van der Waals surface area contributed by atoms with E-state index in [0.717, 1.165) is 47.3 Å². The molecule has 5 nitrogen and oxygen atoms in total.